The highest BCUT2D eigenvalue weighted by atomic mass is 35.5. The lowest BCUT2D eigenvalue weighted by Gasteiger charge is -2.36. The zero-order valence-corrected chi connectivity index (χ0v) is 27.1. The molecule has 3 amide bonds. The second kappa shape index (κ2) is 15.8. The highest BCUT2D eigenvalue weighted by Gasteiger charge is 2.33. The van der Waals surface area contributed by atoms with E-state index in [2.05, 4.69) is 15.1 Å². The fourth-order valence-electron chi connectivity index (χ4n) is 6.00. The number of carbonyl (C=O) groups excluding carboxylic acids is 5. The Morgan fingerprint density at radius 1 is 0.935 bits per heavy atom. The number of anilines is 1. The summed E-state index contributed by atoms with van der Waals surface area (Å²) >= 11 is 12.6. The number of ether oxygens (including phenoxy) is 1. The summed E-state index contributed by atoms with van der Waals surface area (Å²) in [6.45, 7) is 5.53. The Morgan fingerprint density at radius 2 is 1.70 bits per heavy atom. The minimum absolute atomic E-state index is 0.00396. The van der Waals surface area contributed by atoms with Gasteiger partial charge in [0.2, 0.25) is 5.91 Å². The van der Waals surface area contributed by atoms with Gasteiger partial charge in [0.1, 0.15) is 11.5 Å². The smallest absolute Gasteiger partial charge is 0.333 e. The third-order valence-corrected chi connectivity index (χ3v) is 9.31. The van der Waals surface area contributed by atoms with Gasteiger partial charge >= 0.3 is 5.97 Å². The topological polar surface area (TPSA) is 126 Å². The first kappa shape index (κ1) is 33.7. The number of rotatable bonds is 13. The predicted octanol–water partition coefficient (Wildman–Crippen LogP) is 4.08. The van der Waals surface area contributed by atoms with Gasteiger partial charge in [-0.2, -0.15) is 0 Å². The van der Waals surface area contributed by atoms with Crippen LogP contribution < -0.4 is 15.0 Å². The van der Waals surface area contributed by atoms with E-state index in [9.17, 15) is 24.0 Å². The van der Waals surface area contributed by atoms with Crippen molar-refractivity contribution in [2.24, 2.45) is 0 Å². The summed E-state index contributed by atoms with van der Waals surface area (Å²) in [5.41, 5.74) is 2.88. The number of benzene rings is 2. The van der Waals surface area contributed by atoms with E-state index in [-0.39, 0.29) is 49.8 Å². The van der Waals surface area contributed by atoms with Gasteiger partial charge in [0.25, 0.3) is 11.8 Å². The number of carbonyl (C=O) groups is 5. The van der Waals surface area contributed by atoms with E-state index in [4.69, 9.17) is 32.8 Å². The average Bonchev–Trinajstić information content (AvgIpc) is 3.36. The molecule has 2 aromatic rings. The third kappa shape index (κ3) is 8.77. The molecular weight excluding hydrogens is 635 g/mol. The average molecular weight is 674 g/mol. The van der Waals surface area contributed by atoms with E-state index in [1.165, 1.54) is 0 Å². The SMILES string of the molecule is O=C1Cc2cc(OCCCCN3CCN(c4cccc(Cl)c4Cl)CC3)ccc2C(CNC(=O)CCC(=O)ON2C(=O)CCC2=O)C1. The molecule has 0 aromatic heterocycles. The molecule has 1 unspecified atom stereocenters. The van der Waals surface area contributed by atoms with Gasteiger partial charge in [-0.05, 0) is 54.8 Å². The van der Waals surface area contributed by atoms with Crippen molar-refractivity contribution < 1.29 is 33.5 Å². The molecule has 0 bridgehead atoms. The Hall–Kier alpha value is -3.67. The van der Waals surface area contributed by atoms with E-state index in [1.54, 1.807) is 6.07 Å². The molecule has 2 fully saturated rings. The molecule has 0 spiro atoms. The van der Waals surface area contributed by atoms with Gasteiger partial charge in [0, 0.05) is 70.7 Å². The predicted molar refractivity (Wildman–Crippen MR) is 172 cm³/mol. The lowest BCUT2D eigenvalue weighted by molar-refractivity contribution is -0.197. The number of Topliss-reactive ketones (excluding diaryl/α,β-unsaturated/α-hetero) is 1. The van der Waals surface area contributed by atoms with Crippen LogP contribution in [0.4, 0.5) is 5.69 Å². The standard InChI is InChI=1S/C33H38Cl2N4O7/c34-27-4-3-5-28(33(27)35)38-15-13-37(14-16-38)12-1-2-17-45-25-6-7-26-22(20-25)18-24(40)19-23(26)21-36-29(41)8-11-32(44)46-39-30(42)9-10-31(39)43/h3-7,20,23H,1-2,8-19,21H2,(H,36,41). The molecule has 2 heterocycles. The molecule has 11 nitrogen and oxygen atoms in total. The molecule has 1 aliphatic carbocycles. The van der Waals surface area contributed by atoms with Crippen LogP contribution in [0.1, 0.15) is 62.0 Å². The second-order valence-electron chi connectivity index (χ2n) is 11.8. The summed E-state index contributed by atoms with van der Waals surface area (Å²) in [5, 5.41) is 4.43. The molecule has 0 saturated carbocycles. The van der Waals surface area contributed by atoms with Crippen molar-refractivity contribution in [1.29, 1.82) is 0 Å². The van der Waals surface area contributed by atoms with Crippen molar-refractivity contribution >= 4 is 58.4 Å². The van der Waals surface area contributed by atoms with Crippen LogP contribution >= 0.6 is 23.2 Å². The van der Waals surface area contributed by atoms with Crippen molar-refractivity contribution in [3.05, 3.63) is 57.6 Å². The molecule has 46 heavy (non-hydrogen) atoms. The number of imide groups is 1. The first-order valence-corrected chi connectivity index (χ1v) is 16.5. The van der Waals surface area contributed by atoms with Gasteiger partial charge in [-0.25, -0.2) is 4.79 Å². The Kier molecular flexibility index (Phi) is 11.5. The zero-order valence-electron chi connectivity index (χ0n) is 25.6. The van der Waals surface area contributed by atoms with Crippen LogP contribution in [0.25, 0.3) is 0 Å². The number of halogens is 2. The number of hydrogen-bond donors (Lipinski definition) is 1. The maximum absolute atomic E-state index is 12.5. The number of hydrogen-bond acceptors (Lipinski definition) is 9. The number of nitrogens with one attached hydrogen (secondary N) is 1. The van der Waals surface area contributed by atoms with Gasteiger partial charge in [0.05, 0.1) is 28.8 Å². The molecule has 2 aromatic carbocycles. The quantitative estimate of drug-likeness (QED) is 0.248. The van der Waals surface area contributed by atoms with E-state index in [1.807, 2.05) is 30.3 Å². The molecule has 1 N–H and O–H groups in total. The lowest BCUT2D eigenvalue weighted by atomic mass is 9.82. The molecular formula is C33H38Cl2N4O7. The number of ketones is 1. The first-order valence-electron chi connectivity index (χ1n) is 15.7. The van der Waals surface area contributed by atoms with Crippen LogP contribution in [0.5, 0.6) is 5.75 Å². The van der Waals surface area contributed by atoms with Crippen molar-refractivity contribution in [2.45, 2.75) is 57.3 Å². The van der Waals surface area contributed by atoms with Crippen LogP contribution in [-0.2, 0) is 35.2 Å². The summed E-state index contributed by atoms with van der Waals surface area (Å²) in [6.07, 6.45) is 2.12. The summed E-state index contributed by atoms with van der Waals surface area (Å²) in [6, 6.07) is 11.5. The molecule has 246 valence electrons. The van der Waals surface area contributed by atoms with Crippen LogP contribution in [-0.4, -0.2) is 85.3 Å². The summed E-state index contributed by atoms with van der Waals surface area (Å²) in [7, 11) is 0. The summed E-state index contributed by atoms with van der Waals surface area (Å²) < 4.78 is 6.02. The molecule has 0 radical (unpaired) electrons. The first-order chi connectivity index (χ1) is 22.2. The third-order valence-electron chi connectivity index (χ3n) is 8.50. The van der Waals surface area contributed by atoms with Crippen molar-refractivity contribution in [3.63, 3.8) is 0 Å². The molecule has 13 heteroatoms. The number of fused-ring (bicyclic) bond motifs is 1. The molecule has 1 atom stereocenters. The van der Waals surface area contributed by atoms with Gasteiger partial charge in [-0.3, -0.25) is 24.1 Å². The monoisotopic (exact) mass is 672 g/mol. The van der Waals surface area contributed by atoms with Crippen LogP contribution in [0.15, 0.2) is 36.4 Å². The Bertz CT molecular complexity index is 1460. The van der Waals surface area contributed by atoms with Crippen LogP contribution in [0.2, 0.25) is 10.0 Å². The van der Waals surface area contributed by atoms with E-state index >= 15 is 0 Å². The number of amides is 3. The lowest BCUT2D eigenvalue weighted by Crippen LogP contribution is -2.46. The number of hydroxylamine groups is 2. The van der Waals surface area contributed by atoms with Gasteiger partial charge in [-0.1, -0.05) is 35.3 Å². The van der Waals surface area contributed by atoms with E-state index in [0.29, 0.717) is 34.6 Å². The normalized spacial score (nSPS) is 18.5. The largest absolute Gasteiger partial charge is 0.494 e. The van der Waals surface area contributed by atoms with Crippen molar-refractivity contribution in [1.82, 2.24) is 15.3 Å². The molecule has 2 saturated heterocycles. The molecule has 3 aliphatic rings. The minimum Gasteiger partial charge on any atom is -0.494 e. The van der Waals surface area contributed by atoms with Gasteiger partial charge in [-0.15, -0.1) is 5.06 Å². The highest BCUT2D eigenvalue weighted by molar-refractivity contribution is 6.43. The fourth-order valence-corrected chi connectivity index (χ4v) is 6.41. The van der Waals surface area contributed by atoms with Crippen molar-refractivity contribution in [3.8, 4) is 5.75 Å². The molecule has 5 rings (SSSR count). The number of piperazine rings is 1. The number of unbranched alkanes of at least 4 members (excludes halogenated alkanes) is 1. The van der Waals surface area contributed by atoms with Crippen LogP contribution in [0, 0.1) is 0 Å². The summed E-state index contributed by atoms with van der Waals surface area (Å²) in [5.74, 6) is -1.73. The fraction of sp³-hybridized carbons (Fsp3) is 0.485. The molecule has 2 aliphatic heterocycles. The van der Waals surface area contributed by atoms with Gasteiger partial charge in [0.15, 0.2) is 0 Å². The van der Waals surface area contributed by atoms with E-state index in [0.717, 1.165) is 68.1 Å². The van der Waals surface area contributed by atoms with E-state index < -0.39 is 17.8 Å². The maximum Gasteiger partial charge on any atom is 0.333 e. The number of nitrogens with zero attached hydrogens (tertiary/aromatic N) is 3. The highest BCUT2D eigenvalue weighted by Crippen LogP contribution is 2.34. The maximum atomic E-state index is 12.5. The Morgan fingerprint density at radius 3 is 2.46 bits per heavy atom. The summed E-state index contributed by atoms with van der Waals surface area (Å²) in [4.78, 5) is 69.6. The van der Waals surface area contributed by atoms with Crippen molar-refractivity contribution in [2.75, 3.05) is 50.8 Å². The van der Waals surface area contributed by atoms with Crippen LogP contribution in [0.3, 0.4) is 0 Å². The second-order valence-corrected chi connectivity index (χ2v) is 12.6. The minimum atomic E-state index is -0.831. The Labute approximate surface area is 278 Å². The van der Waals surface area contributed by atoms with Gasteiger partial charge < -0.3 is 19.8 Å². The zero-order chi connectivity index (χ0) is 32.6. The Balaban J connectivity index is 1.00.